The van der Waals surface area contributed by atoms with Gasteiger partial charge in [0, 0.05) is 6.04 Å². The van der Waals surface area contributed by atoms with Crippen molar-refractivity contribution >= 4 is 11.6 Å². The minimum absolute atomic E-state index is 0.332. The number of nitrogens with two attached hydrogens (primary N) is 1. The van der Waals surface area contributed by atoms with Crippen molar-refractivity contribution in [2.75, 3.05) is 0 Å². The van der Waals surface area contributed by atoms with Gasteiger partial charge in [0.1, 0.15) is 16.7 Å². The van der Waals surface area contributed by atoms with E-state index < -0.39 is 16.7 Å². The van der Waals surface area contributed by atoms with Crippen LogP contribution < -0.4 is 5.73 Å². The first-order valence-electron chi connectivity index (χ1n) is 4.46. The zero-order valence-electron chi connectivity index (χ0n) is 7.86. The number of hydrogen-bond donors (Lipinski definition) is 1. The Morgan fingerprint density at radius 1 is 1.36 bits per heavy atom. The summed E-state index contributed by atoms with van der Waals surface area (Å²) in [6, 6.07) is 2.04. The van der Waals surface area contributed by atoms with Crippen molar-refractivity contribution < 1.29 is 8.78 Å². The average Bonchev–Trinajstić information content (AvgIpc) is 2.13. The van der Waals surface area contributed by atoms with Crippen LogP contribution in [0.2, 0.25) is 5.02 Å². The predicted octanol–water partition coefficient (Wildman–Crippen LogP) is 3.42. The molecule has 1 atom stereocenters. The van der Waals surface area contributed by atoms with Crippen LogP contribution in [0.3, 0.4) is 0 Å². The van der Waals surface area contributed by atoms with E-state index in [1.54, 1.807) is 0 Å². The van der Waals surface area contributed by atoms with Crippen LogP contribution in [-0.4, -0.2) is 0 Å². The molecule has 0 aromatic heterocycles. The molecule has 0 saturated carbocycles. The third-order valence-corrected chi connectivity index (χ3v) is 2.40. The van der Waals surface area contributed by atoms with Crippen molar-refractivity contribution in [1.82, 2.24) is 0 Å². The van der Waals surface area contributed by atoms with E-state index in [4.69, 9.17) is 17.3 Å². The summed E-state index contributed by atoms with van der Waals surface area (Å²) in [6.45, 7) is 1.96. The zero-order valence-corrected chi connectivity index (χ0v) is 8.61. The zero-order chi connectivity index (χ0) is 10.7. The lowest BCUT2D eigenvalue weighted by atomic mass is 10.0. The Morgan fingerprint density at radius 2 is 1.86 bits per heavy atom. The van der Waals surface area contributed by atoms with Gasteiger partial charge in [-0.2, -0.15) is 0 Å². The Balaban J connectivity index is 3.00. The van der Waals surface area contributed by atoms with Gasteiger partial charge in [-0.25, -0.2) is 8.78 Å². The highest BCUT2D eigenvalue weighted by Crippen LogP contribution is 2.24. The van der Waals surface area contributed by atoms with Crippen LogP contribution in [0.15, 0.2) is 12.1 Å². The molecule has 4 heteroatoms. The molecule has 1 rings (SSSR count). The highest BCUT2D eigenvalue weighted by molar-refractivity contribution is 6.30. The molecule has 0 amide bonds. The second-order valence-corrected chi connectivity index (χ2v) is 3.57. The van der Waals surface area contributed by atoms with E-state index in [0.717, 1.165) is 6.42 Å². The van der Waals surface area contributed by atoms with E-state index >= 15 is 0 Å². The minimum Gasteiger partial charge on any atom is -0.324 e. The molecule has 78 valence electrons. The Bertz CT molecular complexity index is 305. The van der Waals surface area contributed by atoms with Crippen molar-refractivity contribution in [3.8, 4) is 0 Å². The van der Waals surface area contributed by atoms with Gasteiger partial charge in [-0.15, -0.1) is 0 Å². The summed E-state index contributed by atoms with van der Waals surface area (Å²) < 4.78 is 26.0. The summed E-state index contributed by atoms with van der Waals surface area (Å²) in [5.74, 6) is -1.51. The monoisotopic (exact) mass is 219 g/mol. The first-order valence-corrected chi connectivity index (χ1v) is 4.84. The molecule has 0 bridgehead atoms. The SMILES string of the molecule is CCC[C@H](N)c1cc(F)c(Cl)c(F)c1. The smallest absolute Gasteiger partial charge is 0.145 e. The largest absolute Gasteiger partial charge is 0.324 e. The van der Waals surface area contributed by atoms with Crippen LogP contribution >= 0.6 is 11.6 Å². The van der Waals surface area contributed by atoms with Crippen molar-refractivity contribution in [3.05, 3.63) is 34.4 Å². The maximum absolute atomic E-state index is 13.0. The number of hydrogen-bond acceptors (Lipinski definition) is 1. The summed E-state index contributed by atoms with van der Waals surface area (Å²) in [5.41, 5.74) is 6.17. The highest BCUT2D eigenvalue weighted by atomic mass is 35.5. The van der Waals surface area contributed by atoms with E-state index in [1.165, 1.54) is 12.1 Å². The molecule has 0 saturated heterocycles. The first-order chi connectivity index (χ1) is 6.56. The fraction of sp³-hybridized carbons (Fsp3) is 0.400. The predicted molar refractivity (Wildman–Crippen MR) is 53.2 cm³/mol. The van der Waals surface area contributed by atoms with Gasteiger partial charge in [0.25, 0.3) is 0 Å². The van der Waals surface area contributed by atoms with Gasteiger partial charge in [0.15, 0.2) is 0 Å². The molecule has 0 fully saturated rings. The maximum Gasteiger partial charge on any atom is 0.145 e. The Kier molecular flexibility index (Phi) is 3.84. The molecule has 0 heterocycles. The molecule has 1 aromatic rings. The Labute approximate surface area is 86.9 Å². The van der Waals surface area contributed by atoms with E-state index in [-0.39, 0.29) is 6.04 Å². The van der Waals surface area contributed by atoms with Gasteiger partial charge in [-0.05, 0) is 24.1 Å². The molecule has 1 nitrogen and oxygen atoms in total. The Morgan fingerprint density at radius 3 is 2.29 bits per heavy atom. The fourth-order valence-electron chi connectivity index (χ4n) is 1.27. The molecule has 0 aliphatic carbocycles. The highest BCUT2D eigenvalue weighted by Gasteiger charge is 2.12. The molecule has 2 N–H and O–H groups in total. The van der Waals surface area contributed by atoms with Crippen LogP contribution in [-0.2, 0) is 0 Å². The number of benzene rings is 1. The summed E-state index contributed by atoms with van der Waals surface area (Å²) in [4.78, 5) is 0. The van der Waals surface area contributed by atoms with Crippen molar-refractivity contribution in [2.45, 2.75) is 25.8 Å². The molecule has 0 aliphatic heterocycles. The van der Waals surface area contributed by atoms with Gasteiger partial charge in [0.2, 0.25) is 0 Å². The fourth-order valence-corrected chi connectivity index (χ4v) is 1.38. The summed E-state index contributed by atoms with van der Waals surface area (Å²) in [5, 5.41) is -0.475. The van der Waals surface area contributed by atoms with Crippen LogP contribution in [0, 0.1) is 11.6 Å². The first kappa shape index (κ1) is 11.4. The lowest BCUT2D eigenvalue weighted by Crippen LogP contribution is -2.10. The van der Waals surface area contributed by atoms with Gasteiger partial charge in [-0.3, -0.25) is 0 Å². The molecular weight excluding hydrogens is 208 g/mol. The van der Waals surface area contributed by atoms with Crippen LogP contribution in [0.25, 0.3) is 0 Å². The van der Waals surface area contributed by atoms with Crippen molar-refractivity contribution in [2.24, 2.45) is 5.73 Å². The van der Waals surface area contributed by atoms with E-state index in [1.807, 2.05) is 6.92 Å². The third kappa shape index (κ3) is 2.42. The normalized spacial score (nSPS) is 12.9. The standard InChI is InChI=1S/C10H12ClF2N/c1-2-3-9(14)6-4-7(12)10(11)8(13)5-6/h4-5,9H,2-3,14H2,1H3/t9-/m0/s1. The molecule has 1 aromatic carbocycles. The lowest BCUT2D eigenvalue weighted by molar-refractivity contribution is 0.566. The van der Waals surface area contributed by atoms with E-state index in [0.29, 0.717) is 12.0 Å². The second kappa shape index (κ2) is 4.71. The van der Waals surface area contributed by atoms with Crippen molar-refractivity contribution in [1.29, 1.82) is 0 Å². The molecule has 0 unspecified atom stereocenters. The summed E-state index contributed by atoms with van der Waals surface area (Å²) >= 11 is 5.34. The molecule has 0 spiro atoms. The lowest BCUT2D eigenvalue weighted by Gasteiger charge is -2.11. The minimum atomic E-state index is -0.756. The summed E-state index contributed by atoms with van der Waals surface area (Å²) in [7, 11) is 0. The number of halogens is 3. The summed E-state index contributed by atoms with van der Waals surface area (Å²) in [6.07, 6.45) is 1.56. The van der Waals surface area contributed by atoms with E-state index in [9.17, 15) is 8.78 Å². The van der Waals surface area contributed by atoms with Gasteiger partial charge in [0.05, 0.1) is 0 Å². The molecular formula is C10H12ClF2N. The molecule has 0 aliphatic rings. The quantitative estimate of drug-likeness (QED) is 0.775. The van der Waals surface area contributed by atoms with Gasteiger partial charge >= 0.3 is 0 Å². The van der Waals surface area contributed by atoms with Crippen molar-refractivity contribution in [3.63, 3.8) is 0 Å². The molecule has 0 radical (unpaired) electrons. The third-order valence-electron chi connectivity index (χ3n) is 2.03. The van der Waals surface area contributed by atoms with Gasteiger partial charge < -0.3 is 5.73 Å². The molecule has 14 heavy (non-hydrogen) atoms. The Hall–Kier alpha value is -0.670. The van der Waals surface area contributed by atoms with Crippen LogP contribution in [0.1, 0.15) is 31.4 Å². The van der Waals surface area contributed by atoms with Crippen LogP contribution in [0.5, 0.6) is 0 Å². The maximum atomic E-state index is 13.0. The van der Waals surface area contributed by atoms with Crippen LogP contribution in [0.4, 0.5) is 8.78 Å². The number of rotatable bonds is 3. The topological polar surface area (TPSA) is 26.0 Å². The average molecular weight is 220 g/mol. The van der Waals surface area contributed by atoms with E-state index in [2.05, 4.69) is 0 Å². The van der Waals surface area contributed by atoms with Gasteiger partial charge in [-0.1, -0.05) is 24.9 Å². The second-order valence-electron chi connectivity index (χ2n) is 3.19.